The lowest BCUT2D eigenvalue weighted by molar-refractivity contribution is 0.0988. The standard InChI is InChI=1S/C15H14OS2/c1-2-15(16)11-3-7-13(8-4-11)18-14-9-5-12(17)6-10-14/h3-10,17H,2H2,1H3. The molecule has 0 atom stereocenters. The molecule has 0 aromatic heterocycles. The van der Waals surface area contributed by atoms with Crippen molar-refractivity contribution >= 4 is 30.2 Å². The molecule has 0 saturated carbocycles. The lowest BCUT2D eigenvalue weighted by Gasteiger charge is -2.03. The lowest BCUT2D eigenvalue weighted by atomic mass is 10.1. The van der Waals surface area contributed by atoms with Gasteiger partial charge in [-0.25, -0.2) is 0 Å². The summed E-state index contributed by atoms with van der Waals surface area (Å²) in [5.41, 5.74) is 0.785. The number of hydrogen-bond donors (Lipinski definition) is 1. The number of carbonyl (C=O) groups is 1. The lowest BCUT2D eigenvalue weighted by Crippen LogP contribution is -1.95. The van der Waals surface area contributed by atoms with E-state index in [1.807, 2.05) is 55.5 Å². The van der Waals surface area contributed by atoms with Gasteiger partial charge < -0.3 is 0 Å². The van der Waals surface area contributed by atoms with E-state index in [2.05, 4.69) is 12.6 Å². The maximum Gasteiger partial charge on any atom is 0.162 e. The van der Waals surface area contributed by atoms with Crippen LogP contribution in [0.5, 0.6) is 0 Å². The molecule has 0 aliphatic carbocycles. The molecule has 0 aliphatic rings. The number of thiol groups is 1. The first-order valence-corrected chi connectivity index (χ1v) is 7.05. The van der Waals surface area contributed by atoms with Crippen LogP contribution in [0.2, 0.25) is 0 Å². The first-order valence-electron chi connectivity index (χ1n) is 5.79. The molecule has 92 valence electrons. The second kappa shape index (κ2) is 6.12. The van der Waals surface area contributed by atoms with Gasteiger partial charge in [0, 0.05) is 26.7 Å². The Morgan fingerprint density at radius 3 is 2.00 bits per heavy atom. The molecule has 2 aromatic rings. The average Bonchev–Trinajstić information content (AvgIpc) is 2.41. The minimum Gasteiger partial charge on any atom is -0.294 e. The topological polar surface area (TPSA) is 17.1 Å². The molecule has 0 fully saturated rings. The van der Waals surface area contributed by atoms with Crippen LogP contribution in [0, 0.1) is 0 Å². The zero-order chi connectivity index (χ0) is 13.0. The van der Waals surface area contributed by atoms with E-state index in [0.717, 1.165) is 15.4 Å². The van der Waals surface area contributed by atoms with Crippen LogP contribution in [-0.4, -0.2) is 5.78 Å². The summed E-state index contributed by atoms with van der Waals surface area (Å²) in [4.78, 5) is 14.8. The van der Waals surface area contributed by atoms with Crippen molar-refractivity contribution in [1.29, 1.82) is 0 Å². The molecule has 0 spiro atoms. The third-order valence-electron chi connectivity index (χ3n) is 2.57. The van der Waals surface area contributed by atoms with Crippen molar-refractivity contribution in [2.45, 2.75) is 28.0 Å². The summed E-state index contributed by atoms with van der Waals surface area (Å²) >= 11 is 5.94. The zero-order valence-corrected chi connectivity index (χ0v) is 11.8. The van der Waals surface area contributed by atoms with Crippen LogP contribution in [0.25, 0.3) is 0 Å². The molecule has 3 heteroatoms. The van der Waals surface area contributed by atoms with Crippen molar-refractivity contribution in [2.24, 2.45) is 0 Å². The Kier molecular flexibility index (Phi) is 4.50. The van der Waals surface area contributed by atoms with Crippen molar-refractivity contribution in [1.82, 2.24) is 0 Å². The van der Waals surface area contributed by atoms with Gasteiger partial charge in [-0.2, -0.15) is 0 Å². The van der Waals surface area contributed by atoms with Crippen LogP contribution in [-0.2, 0) is 0 Å². The first-order chi connectivity index (χ1) is 8.69. The Morgan fingerprint density at radius 1 is 1.00 bits per heavy atom. The van der Waals surface area contributed by atoms with Gasteiger partial charge in [0.05, 0.1) is 0 Å². The first kappa shape index (κ1) is 13.2. The van der Waals surface area contributed by atoms with Crippen LogP contribution in [0.1, 0.15) is 23.7 Å². The molecule has 2 rings (SSSR count). The molecule has 0 heterocycles. The van der Waals surface area contributed by atoms with Gasteiger partial charge in [0.25, 0.3) is 0 Å². The van der Waals surface area contributed by atoms with Gasteiger partial charge in [-0.05, 0) is 36.4 Å². The zero-order valence-electron chi connectivity index (χ0n) is 10.1. The SMILES string of the molecule is CCC(=O)c1ccc(Sc2ccc(S)cc2)cc1. The monoisotopic (exact) mass is 274 g/mol. The highest BCUT2D eigenvalue weighted by Gasteiger charge is 2.03. The molecule has 0 radical (unpaired) electrons. The second-order valence-electron chi connectivity index (χ2n) is 3.90. The average molecular weight is 274 g/mol. The largest absolute Gasteiger partial charge is 0.294 e. The van der Waals surface area contributed by atoms with E-state index in [9.17, 15) is 4.79 Å². The van der Waals surface area contributed by atoms with Crippen LogP contribution in [0.3, 0.4) is 0 Å². The molecule has 0 saturated heterocycles. The van der Waals surface area contributed by atoms with Crippen molar-refractivity contribution < 1.29 is 4.79 Å². The second-order valence-corrected chi connectivity index (χ2v) is 5.56. The van der Waals surface area contributed by atoms with E-state index in [4.69, 9.17) is 0 Å². The van der Waals surface area contributed by atoms with E-state index >= 15 is 0 Å². The highest BCUT2D eigenvalue weighted by molar-refractivity contribution is 7.99. The number of carbonyl (C=O) groups excluding carboxylic acids is 1. The maximum absolute atomic E-state index is 11.5. The summed E-state index contributed by atoms with van der Waals surface area (Å²) in [6.45, 7) is 1.88. The molecular weight excluding hydrogens is 260 g/mol. The number of benzene rings is 2. The third kappa shape index (κ3) is 3.40. The normalized spacial score (nSPS) is 10.3. The van der Waals surface area contributed by atoms with Crippen molar-refractivity contribution in [3.8, 4) is 0 Å². The fraction of sp³-hybridized carbons (Fsp3) is 0.133. The predicted molar refractivity (Wildman–Crippen MR) is 78.9 cm³/mol. The van der Waals surface area contributed by atoms with E-state index in [1.54, 1.807) is 11.8 Å². The Labute approximate surface area is 117 Å². The third-order valence-corrected chi connectivity index (χ3v) is 3.88. The summed E-state index contributed by atoms with van der Waals surface area (Å²) in [6.07, 6.45) is 0.551. The molecule has 18 heavy (non-hydrogen) atoms. The fourth-order valence-electron chi connectivity index (χ4n) is 1.56. The van der Waals surface area contributed by atoms with E-state index in [-0.39, 0.29) is 5.78 Å². The van der Waals surface area contributed by atoms with Crippen molar-refractivity contribution in [3.05, 3.63) is 54.1 Å². The van der Waals surface area contributed by atoms with Crippen LogP contribution < -0.4 is 0 Å². The fourth-order valence-corrected chi connectivity index (χ4v) is 2.53. The number of Topliss-reactive ketones (excluding diaryl/α,β-unsaturated/α-hetero) is 1. The highest BCUT2D eigenvalue weighted by atomic mass is 32.2. The van der Waals surface area contributed by atoms with Crippen LogP contribution >= 0.6 is 24.4 Å². The van der Waals surface area contributed by atoms with Gasteiger partial charge in [-0.15, -0.1) is 12.6 Å². The minimum atomic E-state index is 0.186. The minimum absolute atomic E-state index is 0.186. The Balaban J connectivity index is 2.10. The summed E-state index contributed by atoms with van der Waals surface area (Å²) in [5.74, 6) is 0.186. The van der Waals surface area contributed by atoms with E-state index in [1.165, 1.54) is 4.90 Å². The van der Waals surface area contributed by atoms with Gasteiger partial charge in [-0.1, -0.05) is 30.8 Å². The van der Waals surface area contributed by atoms with Crippen molar-refractivity contribution in [3.63, 3.8) is 0 Å². The number of hydrogen-bond acceptors (Lipinski definition) is 3. The number of rotatable bonds is 4. The summed E-state index contributed by atoms with van der Waals surface area (Å²) in [7, 11) is 0. The summed E-state index contributed by atoms with van der Waals surface area (Å²) in [5, 5.41) is 0. The number of ketones is 1. The smallest absolute Gasteiger partial charge is 0.162 e. The Morgan fingerprint density at radius 2 is 1.50 bits per heavy atom. The van der Waals surface area contributed by atoms with Gasteiger partial charge >= 0.3 is 0 Å². The molecule has 2 aromatic carbocycles. The molecule has 0 unspecified atom stereocenters. The quantitative estimate of drug-likeness (QED) is 0.642. The van der Waals surface area contributed by atoms with Gasteiger partial charge in [0.1, 0.15) is 0 Å². The summed E-state index contributed by atoms with van der Waals surface area (Å²) < 4.78 is 0. The molecule has 1 nitrogen and oxygen atoms in total. The molecule has 0 aliphatic heterocycles. The molecule has 0 bridgehead atoms. The van der Waals surface area contributed by atoms with Gasteiger partial charge in [0.15, 0.2) is 5.78 Å². The highest BCUT2D eigenvalue weighted by Crippen LogP contribution is 2.28. The molecule has 0 amide bonds. The molecule has 0 N–H and O–H groups in total. The van der Waals surface area contributed by atoms with E-state index < -0.39 is 0 Å². The van der Waals surface area contributed by atoms with E-state index in [0.29, 0.717) is 6.42 Å². The Hall–Kier alpha value is -1.19. The summed E-state index contributed by atoms with van der Waals surface area (Å²) in [6, 6.07) is 15.8. The Bertz CT molecular complexity index is 529. The van der Waals surface area contributed by atoms with Crippen LogP contribution in [0.4, 0.5) is 0 Å². The van der Waals surface area contributed by atoms with Gasteiger partial charge in [-0.3, -0.25) is 4.79 Å². The van der Waals surface area contributed by atoms with Crippen molar-refractivity contribution in [2.75, 3.05) is 0 Å². The maximum atomic E-state index is 11.5. The molecular formula is C15H14OS2. The van der Waals surface area contributed by atoms with Gasteiger partial charge in [0.2, 0.25) is 0 Å². The van der Waals surface area contributed by atoms with Crippen LogP contribution in [0.15, 0.2) is 63.2 Å². The predicted octanol–water partition coefficient (Wildman–Crippen LogP) is 4.72.